The molecule has 0 saturated carbocycles. The molecule has 1 aromatic carbocycles. The van der Waals surface area contributed by atoms with Crippen molar-refractivity contribution in [2.45, 2.75) is 13.0 Å². The summed E-state index contributed by atoms with van der Waals surface area (Å²) in [7, 11) is 0. The van der Waals surface area contributed by atoms with Crippen LogP contribution in [0.1, 0.15) is 21.1 Å². The van der Waals surface area contributed by atoms with E-state index in [1.165, 1.54) is 12.1 Å². The molecule has 0 fully saturated rings. The highest BCUT2D eigenvalue weighted by molar-refractivity contribution is 7.11. The number of carbonyl (C=O) groups is 1. The van der Waals surface area contributed by atoms with Gasteiger partial charge in [-0.05, 0) is 18.5 Å². The maximum atomic E-state index is 10.7. The van der Waals surface area contributed by atoms with Gasteiger partial charge >= 0.3 is 5.97 Å². The summed E-state index contributed by atoms with van der Waals surface area (Å²) in [6.07, 6.45) is 0.730. The zero-order valence-corrected chi connectivity index (χ0v) is 11.8. The summed E-state index contributed by atoms with van der Waals surface area (Å²) in [6.45, 7) is 1.18. The number of rotatable bonds is 7. The second-order valence-electron chi connectivity index (χ2n) is 4.30. The van der Waals surface area contributed by atoms with Crippen LogP contribution >= 0.6 is 11.3 Å². The van der Waals surface area contributed by atoms with Crippen molar-refractivity contribution >= 4 is 23.0 Å². The molecule has 0 spiro atoms. The fourth-order valence-electron chi connectivity index (χ4n) is 1.72. The molecule has 2 N–H and O–H groups in total. The van der Waals surface area contributed by atoms with Crippen LogP contribution in [0.2, 0.25) is 0 Å². The van der Waals surface area contributed by atoms with Crippen LogP contribution in [-0.4, -0.2) is 27.5 Å². The van der Waals surface area contributed by atoms with Crippen LogP contribution in [0.5, 0.6) is 0 Å². The Morgan fingerprint density at radius 1 is 1.38 bits per heavy atom. The molecule has 2 rings (SSSR count). The molecular formula is C13H13N3O4S. The van der Waals surface area contributed by atoms with Gasteiger partial charge in [0.05, 0.1) is 10.6 Å². The van der Waals surface area contributed by atoms with Gasteiger partial charge in [-0.3, -0.25) is 10.1 Å². The van der Waals surface area contributed by atoms with E-state index in [2.05, 4.69) is 10.3 Å². The monoisotopic (exact) mass is 307 g/mol. The summed E-state index contributed by atoms with van der Waals surface area (Å²) in [5, 5.41) is 24.2. The quantitative estimate of drug-likeness (QED) is 0.461. The van der Waals surface area contributed by atoms with Gasteiger partial charge in [0.15, 0.2) is 0 Å². The van der Waals surface area contributed by atoms with Crippen molar-refractivity contribution in [3.8, 4) is 0 Å². The number of non-ortho nitro benzene ring substituents is 1. The molecule has 1 heterocycles. The van der Waals surface area contributed by atoms with E-state index >= 15 is 0 Å². The van der Waals surface area contributed by atoms with E-state index in [9.17, 15) is 14.9 Å². The van der Waals surface area contributed by atoms with Gasteiger partial charge in [0, 0.05) is 24.1 Å². The van der Waals surface area contributed by atoms with E-state index in [0.29, 0.717) is 18.8 Å². The van der Waals surface area contributed by atoms with E-state index in [4.69, 9.17) is 5.11 Å². The van der Waals surface area contributed by atoms with E-state index in [0.717, 1.165) is 23.3 Å². The van der Waals surface area contributed by atoms with Crippen molar-refractivity contribution < 1.29 is 14.8 Å². The topological polar surface area (TPSA) is 105 Å². The molecule has 0 amide bonds. The highest BCUT2D eigenvalue weighted by atomic mass is 32.1. The molecule has 0 atom stereocenters. The molecule has 1 aromatic heterocycles. The molecule has 0 saturated heterocycles. The van der Waals surface area contributed by atoms with E-state index in [1.807, 2.05) is 0 Å². The van der Waals surface area contributed by atoms with Gasteiger partial charge < -0.3 is 10.4 Å². The van der Waals surface area contributed by atoms with Crippen LogP contribution in [0.25, 0.3) is 0 Å². The van der Waals surface area contributed by atoms with Gasteiger partial charge in [-0.25, -0.2) is 9.78 Å². The van der Waals surface area contributed by atoms with Crippen LogP contribution < -0.4 is 5.32 Å². The van der Waals surface area contributed by atoms with Gasteiger partial charge in [-0.15, -0.1) is 11.3 Å². The highest BCUT2D eigenvalue weighted by Crippen LogP contribution is 2.12. The van der Waals surface area contributed by atoms with Crippen LogP contribution in [0.4, 0.5) is 5.69 Å². The number of benzene rings is 1. The van der Waals surface area contributed by atoms with Gasteiger partial charge in [0.1, 0.15) is 0 Å². The number of nitrogens with zero attached hydrogens (tertiary/aromatic N) is 2. The van der Waals surface area contributed by atoms with Crippen molar-refractivity contribution in [1.82, 2.24) is 10.3 Å². The first kappa shape index (κ1) is 15.1. The van der Waals surface area contributed by atoms with Crippen molar-refractivity contribution in [1.29, 1.82) is 0 Å². The molecule has 2 aromatic rings. The molecule has 0 aliphatic carbocycles. The average Bonchev–Trinajstić information content (AvgIpc) is 2.93. The Morgan fingerprint density at radius 2 is 2.10 bits per heavy atom. The lowest BCUT2D eigenvalue weighted by molar-refractivity contribution is -0.384. The molecule has 8 heteroatoms. The van der Waals surface area contributed by atoms with Gasteiger partial charge in [-0.1, -0.05) is 12.1 Å². The van der Waals surface area contributed by atoms with Crippen LogP contribution in [0.3, 0.4) is 0 Å². The molecule has 0 unspecified atom stereocenters. The Bertz CT molecular complexity index is 639. The molecule has 0 aliphatic rings. The summed E-state index contributed by atoms with van der Waals surface area (Å²) in [6, 6.07) is 6.42. The van der Waals surface area contributed by atoms with Crippen LogP contribution in [0, 0.1) is 10.1 Å². The first-order valence-corrected chi connectivity index (χ1v) is 7.06. The van der Waals surface area contributed by atoms with Crippen molar-refractivity contribution in [2.75, 3.05) is 6.54 Å². The second kappa shape index (κ2) is 6.91. The van der Waals surface area contributed by atoms with E-state index < -0.39 is 10.9 Å². The standard InChI is InChI=1S/C13H13N3O4S/c17-13(18)12-15-10(8-21-12)7-14-6-5-9-1-3-11(4-2-9)16(19)20/h1-4,8,14H,5-7H2,(H,17,18). The van der Waals surface area contributed by atoms with Gasteiger partial charge in [-0.2, -0.15) is 0 Å². The fraction of sp³-hybridized carbons (Fsp3) is 0.231. The maximum Gasteiger partial charge on any atom is 0.365 e. The number of nitro benzene ring substituents is 1. The Kier molecular flexibility index (Phi) is 4.96. The molecule has 110 valence electrons. The molecular weight excluding hydrogens is 294 g/mol. The number of hydrogen-bond acceptors (Lipinski definition) is 6. The first-order chi connectivity index (χ1) is 10.1. The lowest BCUT2D eigenvalue weighted by atomic mass is 10.1. The Hall–Kier alpha value is -2.32. The summed E-state index contributed by atoms with van der Waals surface area (Å²) in [5.41, 5.74) is 1.77. The average molecular weight is 307 g/mol. The van der Waals surface area contributed by atoms with E-state index in [1.54, 1.807) is 17.5 Å². The molecule has 21 heavy (non-hydrogen) atoms. The largest absolute Gasteiger partial charge is 0.476 e. The number of carboxylic acids is 1. The number of nitro groups is 1. The van der Waals surface area contributed by atoms with Crippen LogP contribution in [0.15, 0.2) is 29.6 Å². The highest BCUT2D eigenvalue weighted by Gasteiger charge is 2.08. The Labute approximate surface area is 124 Å². The number of thiazole rings is 1. The second-order valence-corrected chi connectivity index (χ2v) is 5.16. The normalized spacial score (nSPS) is 10.5. The third-order valence-corrected chi connectivity index (χ3v) is 3.66. The number of aromatic carboxylic acids is 1. The lowest BCUT2D eigenvalue weighted by Gasteiger charge is -2.03. The SMILES string of the molecule is O=C(O)c1nc(CNCCc2ccc([N+](=O)[O-])cc2)cs1. The molecule has 0 aliphatic heterocycles. The first-order valence-electron chi connectivity index (χ1n) is 6.18. The van der Waals surface area contributed by atoms with Crippen LogP contribution in [-0.2, 0) is 13.0 Å². The zero-order chi connectivity index (χ0) is 15.2. The predicted molar refractivity (Wildman–Crippen MR) is 77.6 cm³/mol. The summed E-state index contributed by atoms with van der Waals surface area (Å²) < 4.78 is 0. The number of carboxylic acid groups (broad SMARTS) is 1. The Balaban J connectivity index is 1.76. The third kappa shape index (κ3) is 4.33. The summed E-state index contributed by atoms with van der Waals surface area (Å²) >= 11 is 1.10. The minimum absolute atomic E-state index is 0.0791. The van der Waals surface area contributed by atoms with E-state index in [-0.39, 0.29) is 10.7 Å². The lowest BCUT2D eigenvalue weighted by Crippen LogP contribution is -2.17. The van der Waals surface area contributed by atoms with Crippen molar-refractivity contribution in [3.05, 3.63) is 56.0 Å². The molecule has 0 radical (unpaired) electrons. The number of aromatic nitrogens is 1. The minimum Gasteiger partial charge on any atom is -0.476 e. The van der Waals surface area contributed by atoms with Crippen molar-refractivity contribution in [3.63, 3.8) is 0 Å². The zero-order valence-electron chi connectivity index (χ0n) is 11.0. The predicted octanol–water partition coefficient (Wildman–Crippen LogP) is 2.08. The molecule has 0 bridgehead atoms. The number of nitrogens with one attached hydrogen (secondary N) is 1. The smallest absolute Gasteiger partial charge is 0.365 e. The molecule has 7 nitrogen and oxygen atoms in total. The number of hydrogen-bond donors (Lipinski definition) is 2. The van der Waals surface area contributed by atoms with Gasteiger partial charge in [0.25, 0.3) is 5.69 Å². The summed E-state index contributed by atoms with van der Waals surface area (Å²) in [5.74, 6) is -1.02. The maximum absolute atomic E-state index is 10.7. The Morgan fingerprint density at radius 3 is 2.67 bits per heavy atom. The van der Waals surface area contributed by atoms with Gasteiger partial charge in [0.2, 0.25) is 5.01 Å². The minimum atomic E-state index is -1.02. The summed E-state index contributed by atoms with van der Waals surface area (Å²) in [4.78, 5) is 24.7. The third-order valence-electron chi connectivity index (χ3n) is 2.78. The van der Waals surface area contributed by atoms with Crippen molar-refractivity contribution in [2.24, 2.45) is 0 Å². The fourth-order valence-corrected chi connectivity index (χ4v) is 2.37.